The number of likely N-dealkylation sites (tertiary alicyclic amines) is 1. The van der Waals surface area contributed by atoms with Crippen molar-refractivity contribution in [2.75, 3.05) is 53.8 Å². The molecule has 4 aromatic rings. The number of benzene rings is 2. The second-order valence-corrected chi connectivity index (χ2v) is 26.3. The smallest absolute Gasteiger partial charge is 0.312 e. The number of aromatic nitrogens is 3. The third kappa shape index (κ3) is 21.9. The summed E-state index contributed by atoms with van der Waals surface area (Å²) in [6, 6.07) is 11.7. The Labute approximate surface area is 559 Å². The Morgan fingerprint density at radius 2 is 1.39 bits per heavy atom. The highest BCUT2D eigenvalue weighted by Gasteiger charge is 2.44. The number of aryl methyl sites for hydroxylation is 1. The Kier molecular flexibility index (Phi) is 30.6. The summed E-state index contributed by atoms with van der Waals surface area (Å²) in [5, 5.41) is 21.0. The molecule has 0 spiro atoms. The minimum atomic E-state index is -1.08. The number of rotatable bonds is 37. The summed E-state index contributed by atoms with van der Waals surface area (Å²) in [6.07, 6.45) is 4.64. The molecule has 2 aromatic carbocycles. The molecule has 26 heteroatoms. The van der Waals surface area contributed by atoms with E-state index in [0.717, 1.165) is 5.56 Å². The van der Waals surface area contributed by atoms with Gasteiger partial charge in [-0.05, 0) is 99.2 Å². The van der Waals surface area contributed by atoms with E-state index in [2.05, 4.69) is 47.2 Å². The first-order valence-corrected chi connectivity index (χ1v) is 33.2. The highest BCUT2D eigenvalue weighted by molar-refractivity contribution is 6.33. The summed E-state index contributed by atoms with van der Waals surface area (Å²) in [7, 11) is 8.42. The molecular formula is C68H103ClN14O11. The lowest BCUT2D eigenvalue weighted by Crippen LogP contribution is -2.59. The predicted octanol–water partition coefficient (Wildman–Crippen LogP) is 5.57. The molecule has 10 amide bonds. The van der Waals surface area contributed by atoms with E-state index in [9.17, 15) is 43.2 Å². The van der Waals surface area contributed by atoms with E-state index in [-0.39, 0.29) is 92.5 Å². The van der Waals surface area contributed by atoms with Crippen LogP contribution in [-0.4, -0.2) is 185 Å². The number of urea groups is 1. The number of anilines is 1. The number of hydrogen-bond donors (Lipinski definition) is 8. The molecule has 0 radical (unpaired) electrons. The van der Waals surface area contributed by atoms with Crippen LogP contribution in [0.1, 0.15) is 125 Å². The highest BCUT2D eigenvalue weighted by Crippen LogP contribution is 2.30. The number of methoxy groups -OCH3 is 2. The lowest BCUT2D eigenvalue weighted by Gasteiger charge is -2.41. The molecule has 1 fully saturated rings. The number of amides is 10. The second-order valence-electron chi connectivity index (χ2n) is 25.9. The van der Waals surface area contributed by atoms with Crippen molar-refractivity contribution >= 4 is 81.6 Å². The van der Waals surface area contributed by atoms with Crippen molar-refractivity contribution in [2.24, 2.45) is 35.3 Å². The first kappa shape index (κ1) is 77.0. The number of ether oxygens (including phenoxy) is 2. The Hall–Kier alpha value is -7.74. The van der Waals surface area contributed by atoms with Gasteiger partial charge in [0.2, 0.25) is 47.3 Å². The SMILES string of the molecule is CC[C@H](C)[C@@H]([C@@H](CC(=O)N1CCC[C@H]1[C@H](OC)[C@@H](C)C(=O)N[C@@H](Cc1ccccc1)C(=O)NCc1ccc(NC(=O)[C@H](CCCNC(N)=O)NC(=O)[C@@H](NC(=O)CCCn2ccc3c(Cl)ncnc32)C(C)C)cc1)OC)N(C)C(=O)[C@@H](NC(=O)[C@H](C(C)C)N(C)C)C(C)C. The van der Waals surface area contributed by atoms with E-state index in [4.69, 9.17) is 26.8 Å². The molecule has 1 aliphatic heterocycles. The fraction of sp³-hybridized carbons (Fsp3) is 0.603. The van der Waals surface area contributed by atoms with Crippen LogP contribution < -0.4 is 43.0 Å². The lowest BCUT2D eigenvalue weighted by atomic mass is 9.89. The van der Waals surface area contributed by atoms with Gasteiger partial charge < -0.3 is 66.8 Å². The van der Waals surface area contributed by atoms with Crippen molar-refractivity contribution in [3.8, 4) is 0 Å². The van der Waals surface area contributed by atoms with Crippen molar-refractivity contribution in [1.82, 2.24) is 61.1 Å². The molecule has 1 saturated heterocycles. The average molecular weight is 1330 g/mol. The Morgan fingerprint density at radius 1 is 0.723 bits per heavy atom. The minimum absolute atomic E-state index is 0.00279. The number of nitrogens with one attached hydrogen (secondary N) is 7. The molecule has 0 bridgehead atoms. The Balaban J connectivity index is 1.22. The van der Waals surface area contributed by atoms with Gasteiger partial charge in [-0.25, -0.2) is 14.8 Å². The molecule has 9 N–H and O–H groups in total. The summed E-state index contributed by atoms with van der Waals surface area (Å²) < 4.78 is 14.1. The number of nitrogens with zero attached hydrogens (tertiary/aromatic N) is 6. The van der Waals surface area contributed by atoms with Crippen LogP contribution in [0.15, 0.2) is 73.2 Å². The first-order chi connectivity index (χ1) is 44.6. The maximum atomic E-state index is 14.6. The molecule has 1 aliphatic rings. The molecule has 2 aromatic heterocycles. The third-order valence-corrected chi connectivity index (χ3v) is 18.0. The zero-order valence-corrected chi connectivity index (χ0v) is 58.1. The van der Waals surface area contributed by atoms with Gasteiger partial charge in [0, 0.05) is 72.2 Å². The van der Waals surface area contributed by atoms with Gasteiger partial charge in [0.15, 0.2) is 0 Å². The van der Waals surface area contributed by atoms with Crippen molar-refractivity contribution in [3.05, 3.63) is 89.5 Å². The molecule has 25 nitrogen and oxygen atoms in total. The van der Waals surface area contributed by atoms with Crippen LogP contribution in [0.4, 0.5) is 10.5 Å². The van der Waals surface area contributed by atoms with Gasteiger partial charge in [-0.1, -0.05) is 123 Å². The maximum absolute atomic E-state index is 14.6. The van der Waals surface area contributed by atoms with Gasteiger partial charge in [0.1, 0.15) is 41.3 Å². The van der Waals surface area contributed by atoms with Gasteiger partial charge in [-0.15, -0.1) is 0 Å². The van der Waals surface area contributed by atoms with E-state index in [0.29, 0.717) is 66.2 Å². The lowest BCUT2D eigenvalue weighted by molar-refractivity contribution is -0.148. The number of fused-ring (bicyclic) bond motifs is 1. The fourth-order valence-corrected chi connectivity index (χ4v) is 12.6. The van der Waals surface area contributed by atoms with Crippen LogP contribution in [0.2, 0.25) is 5.15 Å². The highest BCUT2D eigenvalue weighted by atomic mass is 35.5. The van der Waals surface area contributed by atoms with Crippen molar-refractivity contribution in [3.63, 3.8) is 0 Å². The summed E-state index contributed by atoms with van der Waals surface area (Å²) in [4.78, 5) is 138. The number of nitrogens with two attached hydrogens (primary N) is 1. The molecular weight excluding hydrogens is 1220 g/mol. The number of hydrogen-bond acceptors (Lipinski definition) is 14. The molecule has 5 rings (SSSR count). The number of carbonyl (C=O) groups is 9. The molecule has 0 unspecified atom stereocenters. The first-order valence-electron chi connectivity index (χ1n) is 32.8. The summed E-state index contributed by atoms with van der Waals surface area (Å²) >= 11 is 6.20. The predicted molar refractivity (Wildman–Crippen MR) is 361 cm³/mol. The molecule has 0 saturated carbocycles. The second kappa shape index (κ2) is 37.4. The number of halogens is 1. The molecule has 94 heavy (non-hydrogen) atoms. The largest absolute Gasteiger partial charge is 0.379 e. The van der Waals surface area contributed by atoms with Crippen molar-refractivity contribution in [2.45, 2.75) is 188 Å². The normalized spacial score (nSPS) is 16.5. The Morgan fingerprint density at radius 3 is 2.00 bits per heavy atom. The zero-order chi connectivity index (χ0) is 69.5. The number of carbonyl (C=O) groups excluding carboxylic acids is 9. The van der Waals surface area contributed by atoms with Crippen molar-refractivity contribution < 1.29 is 52.6 Å². The van der Waals surface area contributed by atoms with E-state index in [1.807, 2.05) is 102 Å². The van der Waals surface area contributed by atoms with Crippen LogP contribution >= 0.6 is 11.6 Å². The summed E-state index contributed by atoms with van der Waals surface area (Å²) in [5.41, 5.74) is 7.78. The van der Waals surface area contributed by atoms with Gasteiger partial charge in [-0.2, -0.15) is 0 Å². The minimum Gasteiger partial charge on any atom is -0.379 e. The van der Waals surface area contributed by atoms with Crippen LogP contribution in [0, 0.1) is 29.6 Å². The van der Waals surface area contributed by atoms with Gasteiger partial charge >= 0.3 is 6.03 Å². The molecule has 518 valence electrons. The molecule has 11 atom stereocenters. The fourth-order valence-electron chi connectivity index (χ4n) is 12.4. The monoisotopic (exact) mass is 1330 g/mol. The number of likely N-dealkylation sites (N-methyl/N-ethyl adjacent to an activating group) is 2. The maximum Gasteiger partial charge on any atom is 0.312 e. The van der Waals surface area contributed by atoms with Gasteiger partial charge in [-0.3, -0.25) is 43.3 Å². The molecule has 0 aliphatic carbocycles. The summed E-state index contributed by atoms with van der Waals surface area (Å²) in [5.74, 6) is -4.64. The van der Waals surface area contributed by atoms with Crippen LogP contribution in [-0.2, 0) is 67.3 Å². The average Bonchev–Trinajstić information content (AvgIpc) is 1.58. The van der Waals surface area contributed by atoms with E-state index in [1.54, 1.807) is 68.0 Å². The third-order valence-electron chi connectivity index (χ3n) is 17.7. The standard InChI is InChI=1S/C68H103ClN14O11/c1-15-43(8)58(81(12)67(91)56(41(4)5)79-66(90)57(42(6)7)80(10)11)52(93-13)37-54(85)83-34-20-25-51(83)59(94-14)44(9)62(86)77-50(36-45-22-17-16-18-23-45)63(87)72-38-46-27-29-47(30-28-46)75-64(88)49(24-19-32-71-68(70)92)76-65(89)55(40(2)3)78-53(84)26-21-33-82-35-31-48-60(69)73-39-74-61(48)82/h16-18,22-23,27-31,35,39-44,49-52,55-59H,15,19-21,24-26,32-34,36-38H2,1-14H3,(H,72,87)(H,75,88)(H,76,89)(H,77,86)(H,78,84)(H,79,90)(H3,70,71,92)/t43-,44+,49-,50-,51-,52+,55-,56-,57-,58-,59+/m0/s1. The quantitative estimate of drug-likeness (QED) is 0.0202. The van der Waals surface area contributed by atoms with Crippen LogP contribution in [0.3, 0.4) is 0 Å². The van der Waals surface area contributed by atoms with Gasteiger partial charge in [0.05, 0.1) is 48.1 Å². The Bertz CT molecular complexity index is 3140. The topological polar surface area (TPSA) is 323 Å². The zero-order valence-electron chi connectivity index (χ0n) is 57.3. The van der Waals surface area contributed by atoms with Gasteiger partial charge in [0.25, 0.3) is 0 Å². The number of primary amides is 1. The van der Waals surface area contributed by atoms with Crippen LogP contribution in [0.25, 0.3) is 11.0 Å². The van der Waals surface area contributed by atoms with Crippen molar-refractivity contribution in [1.29, 1.82) is 0 Å². The van der Waals surface area contributed by atoms with E-state index >= 15 is 0 Å². The van der Waals surface area contributed by atoms with E-state index in [1.165, 1.54) is 20.5 Å². The van der Waals surface area contributed by atoms with E-state index < -0.39 is 90.1 Å². The summed E-state index contributed by atoms with van der Waals surface area (Å²) in [6.45, 7) is 18.1. The molecule has 3 heterocycles. The van der Waals surface area contributed by atoms with Crippen LogP contribution in [0.5, 0.6) is 0 Å².